The lowest BCUT2D eigenvalue weighted by Crippen LogP contribution is -2.35. The zero-order chi connectivity index (χ0) is 24.7. The largest absolute Gasteiger partial charge is 0.504 e. The summed E-state index contributed by atoms with van der Waals surface area (Å²) in [6, 6.07) is 2.20. The minimum Gasteiger partial charge on any atom is -0.504 e. The van der Waals surface area contributed by atoms with Crippen LogP contribution in [-0.4, -0.2) is 76.9 Å². The van der Waals surface area contributed by atoms with E-state index in [0.717, 1.165) is 17.1 Å². The summed E-state index contributed by atoms with van der Waals surface area (Å²) in [6.07, 6.45) is 1.84. The predicted octanol–water partition coefficient (Wildman–Crippen LogP) is -0.243. The summed E-state index contributed by atoms with van der Waals surface area (Å²) in [4.78, 5) is 33.0. The zero-order valence-electron chi connectivity index (χ0n) is 16.6. The molecule has 1 aromatic carbocycles. The number of nitrogens with zero attached hydrogens (tertiary/aromatic N) is 4. The Hall–Kier alpha value is -2.52. The van der Waals surface area contributed by atoms with Gasteiger partial charge in [0.1, 0.15) is 6.20 Å². The summed E-state index contributed by atoms with van der Waals surface area (Å²) in [6.45, 7) is 0. The smallest absolute Gasteiger partial charge is 0.349 e. The van der Waals surface area contributed by atoms with Gasteiger partial charge in [0.15, 0.2) is 11.5 Å². The molecular formula is C16H7B6Cl2N5O4. The summed E-state index contributed by atoms with van der Waals surface area (Å²) in [7, 11) is 34.3. The Bertz CT molecular complexity index is 1290. The van der Waals surface area contributed by atoms with Gasteiger partial charge in [0, 0.05) is 0 Å². The highest BCUT2D eigenvalue weighted by molar-refractivity contribution is 6.64. The van der Waals surface area contributed by atoms with Gasteiger partial charge in [-0.1, -0.05) is 23.2 Å². The summed E-state index contributed by atoms with van der Waals surface area (Å²) < 4.78 is 6.40. The van der Waals surface area contributed by atoms with Crippen LogP contribution in [0.4, 0.5) is 0 Å². The maximum atomic E-state index is 12.0. The maximum absolute atomic E-state index is 12.0. The topological polar surface area (TPSA) is 123 Å². The number of aromatic hydroxyl groups is 1. The van der Waals surface area contributed by atoms with Gasteiger partial charge < -0.3 is 9.84 Å². The normalized spacial score (nSPS) is 12.1. The predicted molar refractivity (Wildman–Crippen MR) is 127 cm³/mol. The third-order valence-corrected chi connectivity index (χ3v) is 4.74. The number of hydrogen-bond donors (Lipinski definition) is 2. The number of aromatic amines is 1. The molecule has 0 aliphatic heterocycles. The number of H-pyrrole nitrogens is 1. The Morgan fingerprint density at radius 2 is 1.61 bits per heavy atom. The van der Waals surface area contributed by atoms with Gasteiger partial charge >= 0.3 is 11.7 Å². The number of aromatic nitrogens is 5. The van der Waals surface area contributed by atoms with Crippen molar-refractivity contribution in [2.75, 3.05) is 0 Å². The van der Waals surface area contributed by atoms with Crippen molar-refractivity contribution in [2.24, 2.45) is 0 Å². The molecule has 0 aliphatic carbocycles. The van der Waals surface area contributed by atoms with E-state index in [0.29, 0.717) is 0 Å². The average Bonchev–Trinajstić information content (AvgIpc) is 2.64. The van der Waals surface area contributed by atoms with E-state index in [4.69, 9.17) is 75.0 Å². The Morgan fingerprint density at radius 3 is 2.12 bits per heavy atom. The van der Waals surface area contributed by atoms with Crippen LogP contribution in [0.2, 0.25) is 20.3 Å². The highest BCUT2D eigenvalue weighted by Gasteiger charge is 2.37. The molecule has 0 amide bonds. The summed E-state index contributed by atoms with van der Waals surface area (Å²) >= 11 is 12.5. The lowest BCUT2D eigenvalue weighted by molar-refractivity contribution is 0.413. The summed E-state index contributed by atoms with van der Waals surface area (Å²) in [5, 5.41) is 9.56. The van der Waals surface area contributed by atoms with Crippen molar-refractivity contribution in [3.63, 3.8) is 0 Å². The van der Waals surface area contributed by atoms with Gasteiger partial charge in [-0.2, -0.15) is 19.7 Å². The number of benzene rings is 1. The molecule has 0 fully saturated rings. The minimum atomic E-state index is -2.09. The van der Waals surface area contributed by atoms with Gasteiger partial charge in [0.25, 0.3) is 5.56 Å². The molecule has 17 heteroatoms. The van der Waals surface area contributed by atoms with Crippen LogP contribution in [0.5, 0.6) is 17.5 Å². The first kappa shape index (κ1) is 25.1. The van der Waals surface area contributed by atoms with Crippen LogP contribution in [-0.2, 0) is 0 Å². The first-order valence-electron chi connectivity index (χ1n) is 8.83. The van der Waals surface area contributed by atoms with Crippen molar-refractivity contribution < 1.29 is 9.84 Å². The van der Waals surface area contributed by atoms with E-state index in [2.05, 4.69) is 15.1 Å². The van der Waals surface area contributed by atoms with E-state index in [1.807, 2.05) is 4.98 Å². The van der Waals surface area contributed by atoms with Gasteiger partial charge in [-0.15, -0.1) is 10.2 Å². The van der Waals surface area contributed by atoms with Gasteiger partial charge in [-0.3, -0.25) is 9.78 Å². The second-order valence-electron chi connectivity index (χ2n) is 7.05. The van der Waals surface area contributed by atoms with Crippen molar-refractivity contribution in [2.45, 2.75) is 16.1 Å². The molecule has 152 valence electrons. The molecule has 12 radical (unpaired) electrons. The lowest BCUT2D eigenvalue weighted by Gasteiger charge is -2.43. The van der Waals surface area contributed by atoms with E-state index in [9.17, 15) is 14.7 Å². The fraction of sp³-hybridized carbons (Fsp3) is 0.188. The average molecular weight is 469 g/mol. The molecule has 0 bridgehead atoms. The Morgan fingerprint density at radius 1 is 1.03 bits per heavy atom. The molecule has 0 aliphatic rings. The summed E-state index contributed by atoms with van der Waals surface area (Å²) in [5.41, 5.74) is -1.67. The van der Waals surface area contributed by atoms with E-state index >= 15 is 0 Å². The van der Waals surface area contributed by atoms with Crippen LogP contribution in [0.3, 0.4) is 0 Å². The minimum absolute atomic E-state index is 0.0798. The van der Waals surface area contributed by atoms with Gasteiger partial charge in [-0.25, -0.2) is 4.79 Å². The van der Waals surface area contributed by atoms with Crippen molar-refractivity contribution in [3.8, 4) is 23.2 Å². The molecular weight excluding hydrogens is 462 g/mol. The van der Waals surface area contributed by atoms with Crippen LogP contribution < -0.4 is 16.0 Å². The van der Waals surface area contributed by atoms with Crippen LogP contribution in [0.15, 0.2) is 34.1 Å². The number of hydrogen-bond acceptors (Lipinski definition) is 7. The van der Waals surface area contributed by atoms with Crippen LogP contribution in [0, 0.1) is 0 Å². The SMILES string of the molecule is [B]C([B])([B])C(c1nc(Oc2c(Cl)cc(-n3ncc(=O)[nH]c3=O)cc2Cl)ncc1O)C([B])([B])[B]. The fourth-order valence-electron chi connectivity index (χ4n) is 2.93. The zero-order valence-corrected chi connectivity index (χ0v) is 18.1. The molecule has 0 unspecified atom stereocenters. The molecule has 0 atom stereocenters. The highest BCUT2D eigenvalue weighted by atomic mass is 35.5. The molecule has 0 saturated heterocycles. The van der Waals surface area contributed by atoms with Crippen molar-refractivity contribution in [3.05, 3.63) is 61.1 Å². The van der Waals surface area contributed by atoms with Gasteiger partial charge in [0.05, 0.1) is 74.7 Å². The Balaban J connectivity index is 2.03. The third-order valence-electron chi connectivity index (χ3n) is 4.18. The number of halogens is 2. The molecule has 33 heavy (non-hydrogen) atoms. The van der Waals surface area contributed by atoms with Crippen LogP contribution in [0.1, 0.15) is 11.6 Å². The summed E-state index contributed by atoms with van der Waals surface area (Å²) in [5.74, 6) is -2.09. The van der Waals surface area contributed by atoms with E-state index in [1.165, 1.54) is 12.1 Å². The van der Waals surface area contributed by atoms with Crippen molar-refractivity contribution >= 4 is 70.3 Å². The fourth-order valence-corrected chi connectivity index (χ4v) is 3.49. The monoisotopic (exact) mass is 469 g/mol. The first-order valence-corrected chi connectivity index (χ1v) is 9.59. The van der Waals surface area contributed by atoms with E-state index in [-0.39, 0.29) is 33.2 Å². The van der Waals surface area contributed by atoms with Crippen LogP contribution in [0.25, 0.3) is 5.69 Å². The van der Waals surface area contributed by atoms with Crippen LogP contribution >= 0.6 is 23.2 Å². The molecule has 2 heterocycles. The van der Waals surface area contributed by atoms with E-state index in [1.54, 1.807) is 0 Å². The highest BCUT2D eigenvalue weighted by Crippen LogP contribution is 2.48. The lowest BCUT2D eigenvalue weighted by atomic mass is 9.25. The second kappa shape index (κ2) is 9.02. The number of nitrogens with one attached hydrogen (secondary N) is 1. The van der Waals surface area contributed by atoms with Crippen molar-refractivity contribution in [1.82, 2.24) is 24.7 Å². The third kappa shape index (κ3) is 5.52. The Kier molecular flexibility index (Phi) is 6.86. The number of ether oxygens (including phenoxy) is 1. The molecule has 2 aromatic heterocycles. The van der Waals surface area contributed by atoms with Gasteiger partial charge in [-0.05, 0) is 18.1 Å². The number of rotatable bonds is 6. The molecule has 3 rings (SSSR count). The molecule has 9 nitrogen and oxygen atoms in total. The Labute approximate surface area is 205 Å². The van der Waals surface area contributed by atoms with Crippen molar-refractivity contribution in [1.29, 1.82) is 0 Å². The van der Waals surface area contributed by atoms with Gasteiger partial charge in [0.2, 0.25) is 0 Å². The maximum Gasteiger partial charge on any atom is 0.349 e. The molecule has 0 spiro atoms. The first-order chi connectivity index (χ1) is 15.2. The molecule has 3 aromatic rings. The molecule has 0 saturated carbocycles. The molecule has 2 N–H and O–H groups in total. The second-order valence-corrected chi connectivity index (χ2v) is 7.86. The quantitative estimate of drug-likeness (QED) is 0.478. The standard InChI is InChI=1S/C16H7B6Cl2N5O4/c17-15(18,19)12(16(20,21)22)10-8(30)3-25-13(28-10)33-11-6(23)1-5(2-7(11)24)29-14(32)27-9(31)4-26-29/h1-4,12,30H,(H,27,31,32). The van der Waals surface area contributed by atoms with E-state index < -0.39 is 33.1 Å².